The monoisotopic (exact) mass is 269 g/mol. The third kappa shape index (κ3) is 2.96. The Kier molecular flexibility index (Phi) is 3.33. The second-order valence-electron chi connectivity index (χ2n) is 3.92. The molecule has 6 heteroatoms. The van der Waals surface area contributed by atoms with E-state index in [0.29, 0.717) is 0 Å². The lowest BCUT2D eigenvalue weighted by atomic mass is 10.0. The van der Waals surface area contributed by atoms with Crippen LogP contribution in [-0.4, -0.2) is 5.91 Å². The van der Waals surface area contributed by atoms with Gasteiger partial charge >= 0.3 is 6.18 Å². The Morgan fingerprint density at radius 3 is 2.53 bits per heavy atom. The van der Waals surface area contributed by atoms with E-state index in [0.717, 1.165) is 6.07 Å². The Bertz CT molecular complexity index is 588. The smallest absolute Gasteiger partial charge is 0.417 e. The molecule has 1 aromatic heterocycles. The number of nitrogens with one attached hydrogen (secondary N) is 1. The highest BCUT2D eigenvalue weighted by Gasteiger charge is 2.34. The first-order chi connectivity index (χ1) is 8.88. The maximum Gasteiger partial charge on any atom is 0.417 e. The highest BCUT2D eigenvalue weighted by Crippen LogP contribution is 2.38. The summed E-state index contributed by atoms with van der Waals surface area (Å²) in [7, 11) is 0. The van der Waals surface area contributed by atoms with Crippen LogP contribution >= 0.6 is 0 Å². The maximum atomic E-state index is 13.0. The van der Waals surface area contributed by atoms with Gasteiger partial charge in [0.05, 0.1) is 11.8 Å². The van der Waals surface area contributed by atoms with Crippen LogP contribution in [-0.2, 0) is 11.0 Å². The van der Waals surface area contributed by atoms with Crippen LogP contribution in [0.5, 0.6) is 0 Å². The van der Waals surface area contributed by atoms with Crippen molar-refractivity contribution in [1.29, 1.82) is 0 Å². The lowest BCUT2D eigenvalue weighted by molar-refractivity contribution is -0.137. The van der Waals surface area contributed by atoms with Gasteiger partial charge in [0, 0.05) is 18.2 Å². The van der Waals surface area contributed by atoms with Gasteiger partial charge in [-0.2, -0.15) is 13.2 Å². The predicted molar refractivity (Wildman–Crippen MR) is 63.4 cm³/mol. The Labute approximate surface area is 107 Å². The van der Waals surface area contributed by atoms with Crippen molar-refractivity contribution in [2.75, 3.05) is 5.32 Å². The fraction of sp³-hybridized carbons (Fsp3) is 0.154. The molecule has 3 nitrogen and oxygen atoms in total. The molecule has 1 aromatic carbocycles. The molecular weight excluding hydrogens is 259 g/mol. The minimum absolute atomic E-state index is 0.0633. The molecule has 0 bridgehead atoms. The Morgan fingerprint density at radius 1 is 1.26 bits per heavy atom. The van der Waals surface area contributed by atoms with Crippen LogP contribution in [0, 0.1) is 0 Å². The van der Waals surface area contributed by atoms with Gasteiger partial charge in [0.2, 0.25) is 5.91 Å². The van der Waals surface area contributed by atoms with Crippen molar-refractivity contribution < 1.29 is 22.4 Å². The molecular formula is C13H10F3NO2. The zero-order valence-corrected chi connectivity index (χ0v) is 9.91. The van der Waals surface area contributed by atoms with Gasteiger partial charge in [0.1, 0.15) is 5.76 Å². The minimum atomic E-state index is -4.53. The SMILES string of the molecule is CC(=O)Nc1ccc(-c2ccco2)c(C(F)(F)F)c1. The molecule has 0 saturated carbocycles. The second kappa shape index (κ2) is 4.79. The number of amides is 1. The second-order valence-corrected chi connectivity index (χ2v) is 3.92. The summed E-state index contributed by atoms with van der Waals surface area (Å²) >= 11 is 0. The number of hydrogen-bond acceptors (Lipinski definition) is 2. The third-order valence-corrected chi connectivity index (χ3v) is 2.43. The molecule has 1 N–H and O–H groups in total. The van der Waals surface area contributed by atoms with E-state index in [1.807, 2.05) is 0 Å². The average molecular weight is 269 g/mol. The summed E-state index contributed by atoms with van der Waals surface area (Å²) in [6, 6.07) is 6.51. The molecule has 0 aliphatic rings. The van der Waals surface area contributed by atoms with Gasteiger partial charge in [-0.05, 0) is 30.3 Å². The molecule has 0 fully saturated rings. The number of furan rings is 1. The van der Waals surface area contributed by atoms with Crippen LogP contribution in [0.3, 0.4) is 0 Å². The highest BCUT2D eigenvalue weighted by atomic mass is 19.4. The summed E-state index contributed by atoms with van der Waals surface area (Å²) in [5.74, 6) is -0.305. The van der Waals surface area contributed by atoms with Gasteiger partial charge in [0.25, 0.3) is 0 Å². The molecule has 0 saturated heterocycles. The van der Waals surface area contributed by atoms with Crippen molar-refractivity contribution in [3.8, 4) is 11.3 Å². The fourth-order valence-electron chi connectivity index (χ4n) is 1.71. The number of benzene rings is 1. The van der Waals surface area contributed by atoms with E-state index in [4.69, 9.17) is 4.42 Å². The molecule has 2 aromatic rings. The van der Waals surface area contributed by atoms with Crippen molar-refractivity contribution in [3.05, 3.63) is 42.2 Å². The molecule has 19 heavy (non-hydrogen) atoms. The van der Waals surface area contributed by atoms with E-state index in [9.17, 15) is 18.0 Å². The Hall–Kier alpha value is -2.24. The highest BCUT2D eigenvalue weighted by molar-refractivity contribution is 5.89. The number of carbonyl (C=O) groups is 1. The number of carbonyl (C=O) groups excluding carboxylic acids is 1. The van der Waals surface area contributed by atoms with E-state index in [2.05, 4.69) is 5.32 Å². The standard InChI is InChI=1S/C13H10F3NO2/c1-8(18)17-9-4-5-10(12-3-2-6-19-12)11(7-9)13(14,15)16/h2-7H,1H3,(H,17,18). The van der Waals surface area contributed by atoms with E-state index in [1.165, 1.54) is 37.5 Å². The zero-order valence-electron chi connectivity index (χ0n) is 9.91. The first-order valence-corrected chi connectivity index (χ1v) is 5.40. The van der Waals surface area contributed by atoms with Gasteiger partial charge in [-0.1, -0.05) is 0 Å². The number of hydrogen-bond donors (Lipinski definition) is 1. The van der Waals surface area contributed by atoms with Crippen molar-refractivity contribution in [2.24, 2.45) is 0 Å². The summed E-state index contributed by atoms with van der Waals surface area (Å²) < 4.78 is 44.0. The van der Waals surface area contributed by atoms with Crippen LogP contribution in [0.15, 0.2) is 41.0 Å². The number of rotatable bonds is 2. The van der Waals surface area contributed by atoms with Crippen molar-refractivity contribution in [3.63, 3.8) is 0 Å². The summed E-state index contributed by atoms with van der Waals surface area (Å²) in [6.45, 7) is 1.23. The Balaban J connectivity index is 2.53. The zero-order chi connectivity index (χ0) is 14.0. The lowest BCUT2D eigenvalue weighted by Gasteiger charge is -2.13. The molecule has 0 atom stereocenters. The number of alkyl halides is 3. The van der Waals surface area contributed by atoms with Crippen LogP contribution < -0.4 is 5.32 Å². The minimum Gasteiger partial charge on any atom is -0.464 e. The first kappa shape index (κ1) is 13.2. The molecule has 0 radical (unpaired) electrons. The van der Waals surface area contributed by atoms with E-state index in [-0.39, 0.29) is 17.0 Å². The maximum absolute atomic E-state index is 13.0. The van der Waals surface area contributed by atoms with Crippen LogP contribution in [0.1, 0.15) is 12.5 Å². The predicted octanol–water partition coefficient (Wildman–Crippen LogP) is 3.92. The van der Waals surface area contributed by atoms with Gasteiger partial charge in [-0.25, -0.2) is 0 Å². The topological polar surface area (TPSA) is 42.2 Å². The van der Waals surface area contributed by atoms with Gasteiger partial charge < -0.3 is 9.73 Å². The van der Waals surface area contributed by atoms with Crippen LogP contribution in [0.25, 0.3) is 11.3 Å². The van der Waals surface area contributed by atoms with Crippen molar-refractivity contribution in [1.82, 2.24) is 0 Å². The average Bonchev–Trinajstić information content (AvgIpc) is 2.80. The Morgan fingerprint density at radius 2 is 2.00 bits per heavy atom. The lowest BCUT2D eigenvalue weighted by Crippen LogP contribution is -2.10. The van der Waals surface area contributed by atoms with Gasteiger partial charge in [-0.15, -0.1) is 0 Å². The van der Waals surface area contributed by atoms with E-state index in [1.54, 1.807) is 0 Å². The summed E-state index contributed by atoms with van der Waals surface area (Å²) in [6.07, 6.45) is -3.23. The van der Waals surface area contributed by atoms with Crippen LogP contribution in [0.4, 0.5) is 18.9 Å². The molecule has 1 heterocycles. The molecule has 0 unspecified atom stereocenters. The summed E-state index contributed by atoms with van der Waals surface area (Å²) in [4.78, 5) is 10.9. The van der Waals surface area contributed by atoms with Gasteiger partial charge in [0.15, 0.2) is 0 Å². The fourth-order valence-corrected chi connectivity index (χ4v) is 1.71. The molecule has 0 spiro atoms. The number of anilines is 1. The van der Waals surface area contributed by atoms with Crippen LogP contribution in [0.2, 0.25) is 0 Å². The molecule has 100 valence electrons. The summed E-state index contributed by atoms with van der Waals surface area (Å²) in [5, 5.41) is 2.32. The summed E-state index contributed by atoms with van der Waals surface area (Å²) in [5.41, 5.74) is -0.824. The molecule has 2 rings (SSSR count). The van der Waals surface area contributed by atoms with E-state index < -0.39 is 17.6 Å². The van der Waals surface area contributed by atoms with Crippen molar-refractivity contribution >= 4 is 11.6 Å². The van der Waals surface area contributed by atoms with Crippen molar-refractivity contribution in [2.45, 2.75) is 13.1 Å². The van der Waals surface area contributed by atoms with Gasteiger partial charge in [-0.3, -0.25) is 4.79 Å². The number of halogens is 3. The normalized spacial score (nSPS) is 11.4. The largest absolute Gasteiger partial charge is 0.464 e. The quantitative estimate of drug-likeness (QED) is 0.897. The van der Waals surface area contributed by atoms with E-state index >= 15 is 0 Å². The molecule has 0 aliphatic carbocycles. The molecule has 1 amide bonds. The third-order valence-electron chi connectivity index (χ3n) is 2.43. The molecule has 0 aliphatic heterocycles. The first-order valence-electron chi connectivity index (χ1n) is 5.40.